The fourth-order valence-electron chi connectivity index (χ4n) is 2.01. The second-order valence-electron chi connectivity index (χ2n) is 4.12. The maximum atomic E-state index is 3.42. The van der Waals surface area contributed by atoms with Gasteiger partial charge in [0.15, 0.2) is 0 Å². The van der Waals surface area contributed by atoms with Crippen molar-refractivity contribution >= 4 is 11.4 Å². The van der Waals surface area contributed by atoms with Crippen LogP contribution in [0.3, 0.4) is 0 Å². The van der Waals surface area contributed by atoms with Crippen molar-refractivity contribution in [2.45, 2.75) is 13.3 Å². The Morgan fingerprint density at radius 2 is 2.13 bits per heavy atom. The average molecular weight is 202 g/mol. The van der Waals surface area contributed by atoms with E-state index in [1.54, 1.807) is 0 Å². The van der Waals surface area contributed by atoms with Crippen molar-refractivity contribution in [2.24, 2.45) is 0 Å². The molecule has 15 heavy (non-hydrogen) atoms. The number of allylic oxidation sites excluding steroid dienone is 1. The Morgan fingerprint density at radius 3 is 2.80 bits per heavy atom. The molecule has 2 heteroatoms. The van der Waals surface area contributed by atoms with Crippen molar-refractivity contribution in [1.29, 1.82) is 0 Å². The van der Waals surface area contributed by atoms with Crippen molar-refractivity contribution in [3.8, 4) is 0 Å². The predicted molar refractivity (Wildman–Crippen MR) is 66.1 cm³/mol. The van der Waals surface area contributed by atoms with Crippen LogP contribution in [0, 0.1) is 0 Å². The molecule has 0 amide bonds. The topological polar surface area (TPSA) is 15.3 Å². The lowest BCUT2D eigenvalue weighted by molar-refractivity contribution is 0.812. The van der Waals surface area contributed by atoms with Gasteiger partial charge < -0.3 is 10.2 Å². The van der Waals surface area contributed by atoms with Crippen LogP contribution in [-0.2, 0) is 6.42 Å². The van der Waals surface area contributed by atoms with Gasteiger partial charge in [-0.15, -0.1) is 0 Å². The molecule has 0 fully saturated rings. The number of rotatable bonds is 1. The van der Waals surface area contributed by atoms with Crippen LogP contribution in [0.4, 0.5) is 5.69 Å². The minimum atomic E-state index is 1.05. The van der Waals surface area contributed by atoms with E-state index in [9.17, 15) is 0 Å². The Labute approximate surface area is 91.6 Å². The number of nitrogens with zero attached hydrogens (tertiary/aromatic N) is 1. The van der Waals surface area contributed by atoms with Crippen molar-refractivity contribution in [2.75, 3.05) is 25.5 Å². The van der Waals surface area contributed by atoms with Crippen molar-refractivity contribution in [3.63, 3.8) is 0 Å². The smallest absolute Gasteiger partial charge is 0.0373 e. The minimum absolute atomic E-state index is 1.05. The third-order valence-corrected chi connectivity index (χ3v) is 2.89. The molecule has 1 heterocycles. The summed E-state index contributed by atoms with van der Waals surface area (Å²) in [5.41, 5.74) is 5.36. The number of fused-ring (bicyclic) bond motifs is 1. The highest BCUT2D eigenvalue weighted by Gasteiger charge is 2.13. The first-order chi connectivity index (χ1) is 7.22. The van der Waals surface area contributed by atoms with Gasteiger partial charge in [0.25, 0.3) is 0 Å². The summed E-state index contributed by atoms with van der Waals surface area (Å²) in [5, 5.41) is 3.42. The highest BCUT2D eigenvalue weighted by molar-refractivity contribution is 5.70. The first kappa shape index (κ1) is 10.1. The molecule has 1 aromatic rings. The zero-order valence-electron chi connectivity index (χ0n) is 9.67. The molecule has 1 aromatic carbocycles. The van der Waals surface area contributed by atoms with Crippen LogP contribution < -0.4 is 10.2 Å². The van der Waals surface area contributed by atoms with Crippen molar-refractivity contribution in [1.82, 2.24) is 5.32 Å². The van der Waals surface area contributed by atoms with Gasteiger partial charge in [0.1, 0.15) is 0 Å². The maximum absolute atomic E-state index is 3.42. The number of nitrogens with one attached hydrogen (secondary N) is 1. The van der Waals surface area contributed by atoms with E-state index in [1.165, 1.54) is 22.5 Å². The third kappa shape index (κ3) is 1.84. The highest BCUT2D eigenvalue weighted by atomic mass is 15.1. The van der Waals surface area contributed by atoms with Crippen LogP contribution in [0.5, 0.6) is 0 Å². The molecule has 1 aliphatic rings. The molecule has 0 aromatic heterocycles. The van der Waals surface area contributed by atoms with E-state index in [1.807, 2.05) is 0 Å². The summed E-state index contributed by atoms with van der Waals surface area (Å²) in [5.74, 6) is 0. The van der Waals surface area contributed by atoms with Gasteiger partial charge in [0.05, 0.1) is 0 Å². The fraction of sp³-hybridized carbons (Fsp3) is 0.385. The summed E-state index contributed by atoms with van der Waals surface area (Å²) in [6, 6.07) is 6.68. The molecule has 0 bridgehead atoms. The lowest BCUT2D eigenvalue weighted by Gasteiger charge is -2.23. The number of benzene rings is 1. The molecule has 0 unspecified atom stereocenters. The summed E-state index contributed by atoms with van der Waals surface area (Å²) in [7, 11) is 4.17. The van der Waals surface area contributed by atoms with Gasteiger partial charge in [-0.2, -0.15) is 0 Å². The quantitative estimate of drug-likeness (QED) is 0.751. The van der Waals surface area contributed by atoms with Gasteiger partial charge in [0.2, 0.25) is 0 Å². The van der Waals surface area contributed by atoms with Crippen molar-refractivity contribution < 1.29 is 0 Å². The molecule has 0 aliphatic carbocycles. The minimum Gasteiger partial charge on any atom is -0.384 e. The normalized spacial score (nSPS) is 17.1. The Balaban J connectivity index is 2.45. The highest BCUT2D eigenvalue weighted by Crippen LogP contribution is 2.25. The monoisotopic (exact) mass is 202 g/mol. The molecule has 0 saturated heterocycles. The first-order valence-corrected chi connectivity index (χ1v) is 5.43. The van der Waals surface area contributed by atoms with Gasteiger partial charge in [-0.25, -0.2) is 0 Å². The van der Waals surface area contributed by atoms with E-state index in [2.05, 4.69) is 55.5 Å². The van der Waals surface area contributed by atoms with Crippen LogP contribution in [0.1, 0.15) is 18.1 Å². The average Bonchev–Trinajstić information content (AvgIpc) is 2.27. The first-order valence-electron chi connectivity index (χ1n) is 5.43. The molecular formula is C13H18N2. The molecule has 1 N–H and O–H groups in total. The Bertz CT molecular complexity index is 392. The fourth-order valence-corrected chi connectivity index (χ4v) is 2.01. The summed E-state index contributed by atoms with van der Waals surface area (Å²) in [6.45, 7) is 3.13. The Morgan fingerprint density at radius 1 is 1.33 bits per heavy atom. The number of anilines is 1. The zero-order valence-corrected chi connectivity index (χ0v) is 9.67. The molecule has 0 atom stereocenters. The van der Waals surface area contributed by atoms with Gasteiger partial charge in [-0.3, -0.25) is 0 Å². The van der Waals surface area contributed by atoms with Crippen LogP contribution in [-0.4, -0.2) is 20.6 Å². The molecule has 2 rings (SSSR count). The summed E-state index contributed by atoms with van der Waals surface area (Å²) in [4.78, 5) is 2.15. The van der Waals surface area contributed by atoms with E-state index < -0.39 is 0 Å². The van der Waals surface area contributed by atoms with Gasteiger partial charge in [-0.05, 0) is 31.0 Å². The molecule has 0 spiro atoms. The molecule has 2 nitrogen and oxygen atoms in total. The van der Waals surface area contributed by atoms with Crippen LogP contribution in [0.25, 0.3) is 5.70 Å². The lowest BCUT2D eigenvalue weighted by atomic mass is 9.97. The second-order valence-corrected chi connectivity index (χ2v) is 4.12. The number of hydrogen-bond acceptors (Lipinski definition) is 2. The van der Waals surface area contributed by atoms with E-state index >= 15 is 0 Å². The summed E-state index contributed by atoms with van der Waals surface area (Å²) < 4.78 is 0. The van der Waals surface area contributed by atoms with Gasteiger partial charge >= 0.3 is 0 Å². The van der Waals surface area contributed by atoms with Gasteiger partial charge in [0, 0.05) is 37.6 Å². The van der Waals surface area contributed by atoms with E-state index in [-0.39, 0.29) is 0 Å². The molecular weight excluding hydrogens is 184 g/mol. The number of hydrogen-bond donors (Lipinski definition) is 1. The SMILES string of the molecule is C/C=C1\NCCc2cc(N(C)C)ccc21. The summed E-state index contributed by atoms with van der Waals surface area (Å²) in [6.07, 6.45) is 3.27. The predicted octanol–water partition coefficient (Wildman–Crippen LogP) is 2.26. The van der Waals surface area contributed by atoms with Gasteiger partial charge in [-0.1, -0.05) is 12.1 Å². The third-order valence-electron chi connectivity index (χ3n) is 2.89. The molecule has 0 radical (unpaired) electrons. The standard InChI is InChI=1S/C13H18N2/c1-4-13-12-6-5-11(15(2)3)9-10(12)7-8-14-13/h4-6,9,14H,7-8H2,1-3H3/b13-4-. The van der Waals surface area contributed by atoms with Crippen LogP contribution >= 0.6 is 0 Å². The van der Waals surface area contributed by atoms with E-state index in [0.29, 0.717) is 0 Å². The molecule has 0 saturated carbocycles. The van der Waals surface area contributed by atoms with E-state index in [4.69, 9.17) is 0 Å². The second kappa shape index (κ2) is 3.97. The molecule has 1 aliphatic heterocycles. The largest absolute Gasteiger partial charge is 0.384 e. The van der Waals surface area contributed by atoms with Crippen LogP contribution in [0.2, 0.25) is 0 Å². The van der Waals surface area contributed by atoms with Crippen LogP contribution in [0.15, 0.2) is 24.3 Å². The summed E-state index contributed by atoms with van der Waals surface area (Å²) >= 11 is 0. The van der Waals surface area contributed by atoms with Crippen molar-refractivity contribution in [3.05, 3.63) is 35.4 Å². The Kier molecular flexibility index (Phi) is 2.67. The zero-order chi connectivity index (χ0) is 10.8. The lowest BCUT2D eigenvalue weighted by Crippen LogP contribution is -2.23. The maximum Gasteiger partial charge on any atom is 0.0373 e. The Hall–Kier alpha value is -1.44. The van der Waals surface area contributed by atoms with E-state index in [0.717, 1.165) is 13.0 Å². The molecule has 80 valence electrons.